The van der Waals surface area contributed by atoms with Crippen LogP contribution in [-0.4, -0.2) is 22.4 Å². The molecule has 2 N–H and O–H groups in total. The molecule has 0 aromatic carbocycles. The van der Waals surface area contributed by atoms with E-state index in [0.717, 1.165) is 18.8 Å². The Balaban J connectivity index is 1.78. The molecule has 4 rings (SSSR count). The summed E-state index contributed by atoms with van der Waals surface area (Å²) in [7, 11) is 0. The van der Waals surface area contributed by atoms with Crippen LogP contribution in [0.4, 0.5) is 0 Å². The van der Waals surface area contributed by atoms with Crippen LogP contribution in [0.15, 0.2) is 0 Å². The Bertz CT molecular complexity index is 488. The maximum Gasteiger partial charge on any atom is 0.0602 e. The van der Waals surface area contributed by atoms with Gasteiger partial charge in [0.05, 0.1) is 12.2 Å². The van der Waals surface area contributed by atoms with E-state index in [4.69, 9.17) is 0 Å². The van der Waals surface area contributed by atoms with Gasteiger partial charge in [-0.3, -0.25) is 0 Å². The first kappa shape index (κ1) is 15.4. The van der Waals surface area contributed by atoms with E-state index in [0.29, 0.717) is 23.7 Å². The van der Waals surface area contributed by atoms with E-state index >= 15 is 0 Å². The molecule has 4 saturated carbocycles. The molecule has 2 nitrogen and oxygen atoms in total. The summed E-state index contributed by atoms with van der Waals surface area (Å²) >= 11 is 0. The quantitative estimate of drug-likeness (QED) is 0.772. The molecule has 0 bridgehead atoms. The van der Waals surface area contributed by atoms with Crippen molar-refractivity contribution in [3.8, 4) is 0 Å². The second kappa shape index (κ2) is 4.30. The number of aliphatic hydroxyl groups is 2. The summed E-state index contributed by atoms with van der Waals surface area (Å²) in [5.74, 6) is 3.52. The first-order valence-electron chi connectivity index (χ1n) is 9.50. The van der Waals surface area contributed by atoms with Crippen LogP contribution in [0.2, 0.25) is 0 Å². The molecular weight excluding hydrogens is 272 g/mol. The topological polar surface area (TPSA) is 40.5 Å². The third-order valence-corrected chi connectivity index (χ3v) is 8.91. The Morgan fingerprint density at radius 2 is 1.45 bits per heavy atom. The maximum absolute atomic E-state index is 11.0. The summed E-state index contributed by atoms with van der Waals surface area (Å²) in [6.07, 6.45) is 5.15. The molecule has 9 atom stereocenters. The highest BCUT2D eigenvalue weighted by Crippen LogP contribution is 2.76. The lowest BCUT2D eigenvalue weighted by Crippen LogP contribution is -2.58. The molecule has 0 aliphatic heterocycles. The molecular formula is C20H34O2. The van der Waals surface area contributed by atoms with Gasteiger partial charge in [0, 0.05) is 0 Å². The predicted molar refractivity (Wildman–Crippen MR) is 88.2 cm³/mol. The van der Waals surface area contributed by atoms with E-state index in [-0.39, 0.29) is 28.5 Å². The number of rotatable bonds is 1. The number of hydrogen-bond acceptors (Lipinski definition) is 2. The van der Waals surface area contributed by atoms with Gasteiger partial charge in [-0.25, -0.2) is 0 Å². The van der Waals surface area contributed by atoms with Gasteiger partial charge in [0.15, 0.2) is 0 Å². The van der Waals surface area contributed by atoms with Crippen molar-refractivity contribution < 1.29 is 10.2 Å². The minimum absolute atomic E-state index is 0.116. The molecule has 0 amide bonds. The SMILES string of the molecule is CC(C)C1CC[C@@]2(C)C1[C@H]1C3CC3(C)[C@H](O)CC1(C)C[C@@H]2O. The van der Waals surface area contributed by atoms with Crippen molar-refractivity contribution in [2.75, 3.05) is 0 Å². The molecule has 0 radical (unpaired) electrons. The second-order valence-corrected chi connectivity index (χ2v) is 10.4. The molecule has 22 heavy (non-hydrogen) atoms. The van der Waals surface area contributed by atoms with Crippen LogP contribution in [0.25, 0.3) is 0 Å². The number of aliphatic hydroxyl groups excluding tert-OH is 2. The Morgan fingerprint density at radius 3 is 2.05 bits per heavy atom. The van der Waals surface area contributed by atoms with Gasteiger partial charge in [-0.05, 0) is 77.9 Å². The minimum atomic E-state index is -0.183. The molecule has 0 heterocycles. The lowest BCUT2D eigenvalue weighted by Gasteiger charge is -2.60. The zero-order valence-electron chi connectivity index (χ0n) is 15.0. The lowest BCUT2D eigenvalue weighted by molar-refractivity contribution is -0.170. The predicted octanol–water partition coefficient (Wildman–Crippen LogP) is 3.85. The molecule has 4 aliphatic rings. The third-order valence-electron chi connectivity index (χ3n) is 8.91. The minimum Gasteiger partial charge on any atom is -0.393 e. The monoisotopic (exact) mass is 306 g/mol. The summed E-state index contributed by atoms with van der Waals surface area (Å²) in [6.45, 7) is 11.8. The smallest absolute Gasteiger partial charge is 0.0602 e. The molecule has 0 aromatic heterocycles. The highest BCUT2D eigenvalue weighted by molar-refractivity contribution is 5.21. The molecule has 4 aliphatic carbocycles. The van der Waals surface area contributed by atoms with Crippen LogP contribution < -0.4 is 0 Å². The van der Waals surface area contributed by atoms with Crippen molar-refractivity contribution in [1.82, 2.24) is 0 Å². The van der Waals surface area contributed by atoms with Crippen LogP contribution in [0, 0.1) is 45.8 Å². The first-order chi connectivity index (χ1) is 10.1. The van der Waals surface area contributed by atoms with Gasteiger partial charge in [0.2, 0.25) is 0 Å². The van der Waals surface area contributed by atoms with Crippen molar-refractivity contribution in [3.05, 3.63) is 0 Å². The molecule has 4 fully saturated rings. The maximum atomic E-state index is 11.0. The molecule has 2 heteroatoms. The van der Waals surface area contributed by atoms with Crippen LogP contribution in [-0.2, 0) is 0 Å². The summed E-state index contributed by atoms with van der Waals surface area (Å²) in [5.41, 5.74) is 0.434. The normalized spacial score (nSPS) is 63.3. The summed E-state index contributed by atoms with van der Waals surface area (Å²) in [6, 6.07) is 0. The summed E-state index contributed by atoms with van der Waals surface area (Å²) < 4.78 is 0. The van der Waals surface area contributed by atoms with Gasteiger partial charge in [-0.15, -0.1) is 0 Å². The fourth-order valence-corrected chi connectivity index (χ4v) is 7.34. The van der Waals surface area contributed by atoms with Crippen LogP contribution in [0.3, 0.4) is 0 Å². The van der Waals surface area contributed by atoms with Crippen molar-refractivity contribution in [1.29, 1.82) is 0 Å². The zero-order valence-corrected chi connectivity index (χ0v) is 15.0. The highest BCUT2D eigenvalue weighted by atomic mass is 16.3. The fraction of sp³-hybridized carbons (Fsp3) is 1.00. The number of fused-ring (bicyclic) bond motifs is 5. The van der Waals surface area contributed by atoms with Gasteiger partial charge in [0.1, 0.15) is 0 Å². The molecule has 0 saturated heterocycles. The standard InChI is InChI=1S/C20H34O2/c1-11(2)12-6-7-19(4)14(21)9-18(3)10-15(22)20(5)8-13(20)17(18)16(12)19/h11-17,21-22H,6-10H2,1-5H3/t12?,13?,14-,15+,16?,17+,18?,19+,20?/m0/s1. The van der Waals surface area contributed by atoms with E-state index in [1.54, 1.807) is 0 Å². The van der Waals surface area contributed by atoms with Crippen molar-refractivity contribution >= 4 is 0 Å². The Morgan fingerprint density at radius 1 is 0.864 bits per heavy atom. The van der Waals surface area contributed by atoms with Crippen LogP contribution >= 0.6 is 0 Å². The van der Waals surface area contributed by atoms with E-state index in [1.165, 1.54) is 19.3 Å². The lowest BCUT2D eigenvalue weighted by atomic mass is 9.46. The van der Waals surface area contributed by atoms with Gasteiger partial charge < -0.3 is 10.2 Å². The van der Waals surface area contributed by atoms with Crippen LogP contribution in [0.1, 0.15) is 66.7 Å². The van der Waals surface area contributed by atoms with Gasteiger partial charge >= 0.3 is 0 Å². The fourth-order valence-electron chi connectivity index (χ4n) is 7.34. The summed E-state index contributed by atoms with van der Waals surface area (Å²) in [5, 5.41) is 21.7. The highest BCUT2D eigenvalue weighted by Gasteiger charge is 2.72. The zero-order chi connectivity index (χ0) is 16.1. The van der Waals surface area contributed by atoms with E-state index < -0.39 is 0 Å². The summed E-state index contributed by atoms with van der Waals surface area (Å²) in [4.78, 5) is 0. The Hall–Kier alpha value is -0.0800. The third kappa shape index (κ3) is 1.69. The molecule has 126 valence electrons. The van der Waals surface area contributed by atoms with Gasteiger partial charge in [-0.2, -0.15) is 0 Å². The van der Waals surface area contributed by atoms with Crippen LogP contribution in [0.5, 0.6) is 0 Å². The first-order valence-corrected chi connectivity index (χ1v) is 9.50. The molecule has 5 unspecified atom stereocenters. The van der Waals surface area contributed by atoms with Crippen molar-refractivity contribution in [3.63, 3.8) is 0 Å². The average molecular weight is 306 g/mol. The van der Waals surface area contributed by atoms with E-state index in [1.807, 2.05) is 0 Å². The van der Waals surface area contributed by atoms with Crippen molar-refractivity contribution in [2.45, 2.75) is 78.9 Å². The van der Waals surface area contributed by atoms with Gasteiger partial charge in [0.25, 0.3) is 0 Å². The molecule has 0 spiro atoms. The van der Waals surface area contributed by atoms with Gasteiger partial charge in [-0.1, -0.05) is 34.6 Å². The average Bonchev–Trinajstić information content (AvgIpc) is 2.95. The van der Waals surface area contributed by atoms with Crippen molar-refractivity contribution in [2.24, 2.45) is 45.8 Å². The Kier molecular flexibility index (Phi) is 3.02. The van der Waals surface area contributed by atoms with E-state index in [2.05, 4.69) is 34.6 Å². The van der Waals surface area contributed by atoms with E-state index in [9.17, 15) is 10.2 Å². The molecule has 0 aromatic rings. The Labute approximate surface area is 135 Å². The largest absolute Gasteiger partial charge is 0.393 e. The second-order valence-electron chi connectivity index (χ2n) is 10.4. The number of hydrogen-bond donors (Lipinski definition) is 2.